The van der Waals surface area contributed by atoms with Gasteiger partial charge in [0.1, 0.15) is 0 Å². The average Bonchev–Trinajstić information content (AvgIpc) is 2.35. The summed E-state index contributed by atoms with van der Waals surface area (Å²) in [5.74, 6) is 0.624. The van der Waals surface area contributed by atoms with Crippen molar-refractivity contribution in [3.05, 3.63) is 23.8 Å². The van der Waals surface area contributed by atoms with Crippen LogP contribution < -0.4 is 11.1 Å². The Bertz CT molecular complexity index is 490. The van der Waals surface area contributed by atoms with Crippen LogP contribution in [-0.4, -0.2) is 16.9 Å². The average molecular weight is 320 g/mol. The summed E-state index contributed by atoms with van der Waals surface area (Å²) >= 11 is 1.76. The molecule has 0 unspecified atom stereocenters. The summed E-state index contributed by atoms with van der Waals surface area (Å²) < 4.78 is 37.5. The summed E-state index contributed by atoms with van der Waals surface area (Å²) in [5.41, 5.74) is 4.84. The molecule has 7 heteroatoms. The van der Waals surface area contributed by atoms with Crippen molar-refractivity contribution in [1.29, 1.82) is 0 Å². The standard InChI is InChI=1S/C14H19F3N2OS/c1-9(2)21-7-3-4-13(20)19-12-6-5-10(8-11(12)18)14(15,16)17/h5-6,8-9H,3-4,7,18H2,1-2H3,(H,19,20). The Labute approximate surface area is 126 Å². The second-order valence-corrected chi connectivity index (χ2v) is 6.56. The maximum atomic E-state index is 12.5. The molecule has 1 aromatic carbocycles. The van der Waals surface area contributed by atoms with Gasteiger partial charge in [0.2, 0.25) is 5.91 Å². The van der Waals surface area contributed by atoms with Crippen LogP contribution in [0.5, 0.6) is 0 Å². The van der Waals surface area contributed by atoms with Gasteiger partial charge in [-0.05, 0) is 35.6 Å². The van der Waals surface area contributed by atoms with E-state index in [2.05, 4.69) is 19.2 Å². The number of hydrogen-bond donors (Lipinski definition) is 2. The van der Waals surface area contributed by atoms with Crippen LogP contribution in [0.25, 0.3) is 0 Å². The van der Waals surface area contributed by atoms with Crippen molar-refractivity contribution < 1.29 is 18.0 Å². The molecule has 0 aliphatic rings. The van der Waals surface area contributed by atoms with Crippen molar-refractivity contribution in [3.8, 4) is 0 Å². The number of alkyl halides is 3. The Balaban J connectivity index is 2.53. The topological polar surface area (TPSA) is 55.1 Å². The number of nitrogens with one attached hydrogen (secondary N) is 1. The largest absolute Gasteiger partial charge is 0.416 e. The lowest BCUT2D eigenvalue weighted by Crippen LogP contribution is -2.14. The molecule has 1 amide bonds. The zero-order valence-electron chi connectivity index (χ0n) is 12.0. The first-order valence-electron chi connectivity index (χ1n) is 6.58. The molecule has 0 heterocycles. The normalized spacial score (nSPS) is 11.7. The van der Waals surface area contributed by atoms with Gasteiger partial charge < -0.3 is 11.1 Å². The first-order valence-corrected chi connectivity index (χ1v) is 7.63. The highest BCUT2D eigenvalue weighted by Crippen LogP contribution is 2.32. The van der Waals surface area contributed by atoms with Crippen molar-refractivity contribution >= 4 is 29.0 Å². The predicted molar refractivity (Wildman–Crippen MR) is 81.3 cm³/mol. The van der Waals surface area contributed by atoms with Gasteiger partial charge >= 0.3 is 6.18 Å². The van der Waals surface area contributed by atoms with E-state index in [1.807, 2.05) is 0 Å². The third-order valence-corrected chi connectivity index (χ3v) is 3.84. The van der Waals surface area contributed by atoms with Crippen LogP contribution in [0, 0.1) is 0 Å². The lowest BCUT2D eigenvalue weighted by Gasteiger charge is -2.12. The molecule has 0 radical (unpaired) electrons. The van der Waals surface area contributed by atoms with E-state index < -0.39 is 11.7 Å². The molecular weight excluding hydrogens is 301 g/mol. The number of hydrogen-bond acceptors (Lipinski definition) is 3. The van der Waals surface area contributed by atoms with E-state index in [0.29, 0.717) is 11.7 Å². The number of nitrogens with two attached hydrogens (primary N) is 1. The molecule has 0 bridgehead atoms. The minimum atomic E-state index is -4.44. The number of benzene rings is 1. The first kappa shape index (κ1) is 17.7. The molecule has 0 aromatic heterocycles. The smallest absolute Gasteiger partial charge is 0.397 e. The van der Waals surface area contributed by atoms with Gasteiger partial charge in [-0.1, -0.05) is 13.8 Å². The Morgan fingerprint density at radius 1 is 1.38 bits per heavy atom. The molecule has 118 valence electrons. The fourth-order valence-corrected chi connectivity index (χ4v) is 2.40. The second-order valence-electron chi connectivity index (χ2n) is 4.87. The SMILES string of the molecule is CC(C)SCCCC(=O)Nc1ccc(C(F)(F)F)cc1N. The molecular formula is C14H19F3N2OS. The van der Waals surface area contributed by atoms with Crippen LogP contribution in [0.3, 0.4) is 0 Å². The molecule has 21 heavy (non-hydrogen) atoms. The zero-order chi connectivity index (χ0) is 16.0. The summed E-state index contributed by atoms with van der Waals surface area (Å²) in [4.78, 5) is 11.7. The van der Waals surface area contributed by atoms with E-state index >= 15 is 0 Å². The number of rotatable bonds is 6. The van der Waals surface area contributed by atoms with Crippen LogP contribution in [0.2, 0.25) is 0 Å². The molecule has 3 nitrogen and oxygen atoms in total. The fraction of sp³-hybridized carbons (Fsp3) is 0.500. The lowest BCUT2D eigenvalue weighted by atomic mass is 10.1. The molecule has 0 atom stereocenters. The molecule has 1 aromatic rings. The number of halogens is 3. The molecule has 0 saturated carbocycles. The van der Waals surface area contributed by atoms with Gasteiger partial charge in [0.25, 0.3) is 0 Å². The maximum Gasteiger partial charge on any atom is 0.416 e. The minimum Gasteiger partial charge on any atom is -0.397 e. The van der Waals surface area contributed by atoms with Crippen molar-refractivity contribution in [1.82, 2.24) is 0 Å². The van der Waals surface area contributed by atoms with Gasteiger partial charge in [-0.2, -0.15) is 24.9 Å². The van der Waals surface area contributed by atoms with Gasteiger partial charge in [-0.15, -0.1) is 0 Å². The molecule has 0 spiro atoms. The van der Waals surface area contributed by atoms with Gasteiger partial charge in [0.15, 0.2) is 0 Å². The summed E-state index contributed by atoms with van der Waals surface area (Å²) in [5, 5.41) is 3.05. The summed E-state index contributed by atoms with van der Waals surface area (Å²) in [6.07, 6.45) is -3.40. The minimum absolute atomic E-state index is 0.0882. The van der Waals surface area contributed by atoms with Crippen LogP contribution in [-0.2, 0) is 11.0 Å². The monoisotopic (exact) mass is 320 g/mol. The van der Waals surface area contributed by atoms with Crippen molar-refractivity contribution in [2.75, 3.05) is 16.8 Å². The van der Waals surface area contributed by atoms with Crippen molar-refractivity contribution in [2.24, 2.45) is 0 Å². The molecule has 3 N–H and O–H groups in total. The number of carbonyl (C=O) groups excluding carboxylic acids is 1. The Hall–Kier alpha value is -1.37. The lowest BCUT2D eigenvalue weighted by molar-refractivity contribution is -0.137. The van der Waals surface area contributed by atoms with E-state index in [0.717, 1.165) is 24.3 Å². The molecule has 1 rings (SSSR count). The van der Waals surface area contributed by atoms with Crippen LogP contribution >= 0.6 is 11.8 Å². The Morgan fingerprint density at radius 2 is 2.05 bits per heavy atom. The molecule has 0 aliphatic carbocycles. The molecule has 0 fully saturated rings. The highest BCUT2D eigenvalue weighted by molar-refractivity contribution is 7.99. The molecule has 0 aliphatic heterocycles. The van der Waals surface area contributed by atoms with E-state index in [1.165, 1.54) is 6.07 Å². The summed E-state index contributed by atoms with van der Waals surface area (Å²) in [7, 11) is 0. The number of nitrogen functional groups attached to an aromatic ring is 1. The first-order chi connectivity index (χ1) is 9.70. The quantitative estimate of drug-likeness (QED) is 0.611. The number of anilines is 2. The fourth-order valence-electron chi connectivity index (χ4n) is 1.62. The number of carbonyl (C=O) groups is 1. The van der Waals surface area contributed by atoms with Gasteiger partial charge in [0.05, 0.1) is 16.9 Å². The highest BCUT2D eigenvalue weighted by atomic mass is 32.2. The third kappa shape index (κ3) is 6.29. The van der Waals surface area contributed by atoms with Crippen LogP contribution in [0.15, 0.2) is 18.2 Å². The zero-order valence-corrected chi connectivity index (χ0v) is 12.8. The van der Waals surface area contributed by atoms with E-state index in [1.54, 1.807) is 11.8 Å². The Kier molecular flexibility index (Phi) is 6.39. The van der Waals surface area contributed by atoms with Crippen LogP contribution in [0.1, 0.15) is 32.3 Å². The van der Waals surface area contributed by atoms with Gasteiger partial charge in [0, 0.05) is 6.42 Å². The summed E-state index contributed by atoms with van der Waals surface area (Å²) in [6, 6.07) is 2.91. The van der Waals surface area contributed by atoms with E-state index in [9.17, 15) is 18.0 Å². The predicted octanol–water partition coefficient (Wildman–Crippen LogP) is 4.15. The highest BCUT2D eigenvalue weighted by Gasteiger charge is 2.30. The third-order valence-electron chi connectivity index (χ3n) is 2.65. The van der Waals surface area contributed by atoms with Gasteiger partial charge in [-0.3, -0.25) is 4.79 Å². The maximum absolute atomic E-state index is 12.5. The van der Waals surface area contributed by atoms with Crippen molar-refractivity contribution in [2.45, 2.75) is 38.1 Å². The second kappa shape index (κ2) is 7.59. The van der Waals surface area contributed by atoms with E-state index in [-0.39, 0.29) is 17.3 Å². The molecule has 0 saturated heterocycles. The summed E-state index contributed by atoms with van der Waals surface area (Å²) in [6.45, 7) is 4.15. The van der Waals surface area contributed by atoms with E-state index in [4.69, 9.17) is 5.73 Å². The van der Waals surface area contributed by atoms with Gasteiger partial charge in [-0.25, -0.2) is 0 Å². The number of amides is 1. The number of thioether (sulfide) groups is 1. The van der Waals surface area contributed by atoms with Crippen LogP contribution in [0.4, 0.5) is 24.5 Å². The Morgan fingerprint density at radius 3 is 2.57 bits per heavy atom. The van der Waals surface area contributed by atoms with Crippen molar-refractivity contribution in [3.63, 3.8) is 0 Å².